The van der Waals surface area contributed by atoms with Crippen molar-refractivity contribution in [1.29, 1.82) is 0 Å². The normalized spacial score (nSPS) is 10.8. The van der Waals surface area contributed by atoms with Crippen LogP contribution in [0.5, 0.6) is 17.4 Å². The molecule has 0 saturated carbocycles. The summed E-state index contributed by atoms with van der Waals surface area (Å²) in [5.74, 6) is 1.06. The van der Waals surface area contributed by atoms with Gasteiger partial charge in [0.05, 0.1) is 29.0 Å². The predicted octanol–water partition coefficient (Wildman–Crippen LogP) is 7.39. The van der Waals surface area contributed by atoms with Gasteiger partial charge in [-0.3, -0.25) is 4.68 Å². The summed E-state index contributed by atoms with van der Waals surface area (Å²) in [4.78, 5) is 0. The van der Waals surface area contributed by atoms with E-state index in [1.165, 1.54) is 18.2 Å². The summed E-state index contributed by atoms with van der Waals surface area (Å²) in [7, 11) is 1.82. The Morgan fingerprint density at radius 2 is 1.67 bits per heavy atom. The van der Waals surface area contributed by atoms with Crippen LogP contribution in [0.15, 0.2) is 47.0 Å². The second-order valence-electron chi connectivity index (χ2n) is 6.98. The van der Waals surface area contributed by atoms with Crippen LogP contribution in [0.1, 0.15) is 12.0 Å². The van der Waals surface area contributed by atoms with Crippen LogP contribution in [-0.4, -0.2) is 29.6 Å². The first-order chi connectivity index (χ1) is 15.8. The predicted molar refractivity (Wildman–Crippen MR) is 131 cm³/mol. The average molecular weight is 534 g/mol. The van der Waals surface area contributed by atoms with Crippen molar-refractivity contribution in [3.8, 4) is 28.6 Å². The molecular formula is C23H21Cl4FN2O3. The number of ether oxygens (including phenoxy) is 3. The third-order valence-electron chi connectivity index (χ3n) is 4.59. The summed E-state index contributed by atoms with van der Waals surface area (Å²) in [6.45, 7) is 2.81. The Bertz CT molecular complexity index is 1110. The number of aryl methyl sites for hydroxylation is 1. The van der Waals surface area contributed by atoms with Crippen molar-refractivity contribution in [2.24, 2.45) is 7.05 Å². The van der Waals surface area contributed by atoms with Gasteiger partial charge in [-0.05, 0) is 37.3 Å². The van der Waals surface area contributed by atoms with E-state index in [0.29, 0.717) is 47.1 Å². The highest BCUT2D eigenvalue weighted by atomic mass is 35.5. The molecule has 5 nitrogen and oxygen atoms in total. The molecule has 0 aliphatic carbocycles. The zero-order valence-electron chi connectivity index (χ0n) is 17.9. The molecule has 0 unspecified atom stereocenters. The Morgan fingerprint density at radius 1 is 1.03 bits per heavy atom. The Hall–Kier alpha value is -2.12. The number of nitrogens with zero attached hydrogens (tertiary/aromatic N) is 2. The van der Waals surface area contributed by atoms with Crippen LogP contribution in [0.2, 0.25) is 10.0 Å². The second kappa shape index (κ2) is 11.8. The maximum absolute atomic E-state index is 13.2. The zero-order chi connectivity index (χ0) is 24.0. The highest BCUT2D eigenvalue weighted by Crippen LogP contribution is 2.37. The van der Waals surface area contributed by atoms with E-state index in [2.05, 4.69) is 5.10 Å². The molecule has 176 valence electrons. The van der Waals surface area contributed by atoms with Crippen LogP contribution < -0.4 is 14.2 Å². The van der Waals surface area contributed by atoms with Gasteiger partial charge in [0.1, 0.15) is 22.7 Å². The third kappa shape index (κ3) is 6.93. The molecule has 0 saturated heterocycles. The Balaban J connectivity index is 1.52. The number of hydrogen-bond acceptors (Lipinski definition) is 4. The molecule has 33 heavy (non-hydrogen) atoms. The van der Waals surface area contributed by atoms with Gasteiger partial charge in [0, 0.05) is 36.7 Å². The first kappa shape index (κ1) is 25.5. The number of halogens is 5. The van der Waals surface area contributed by atoms with Gasteiger partial charge < -0.3 is 14.2 Å². The summed E-state index contributed by atoms with van der Waals surface area (Å²) in [6, 6.07) is 9.46. The monoisotopic (exact) mass is 532 g/mol. The fraction of sp³-hybridized carbons (Fsp3) is 0.261. The molecule has 3 rings (SSSR count). The zero-order valence-corrected chi connectivity index (χ0v) is 20.9. The van der Waals surface area contributed by atoms with Crippen LogP contribution in [0.3, 0.4) is 0 Å². The highest BCUT2D eigenvalue weighted by Gasteiger charge is 2.16. The lowest BCUT2D eigenvalue weighted by Gasteiger charge is -2.12. The largest absolute Gasteiger partial charge is 0.490 e. The maximum atomic E-state index is 13.2. The van der Waals surface area contributed by atoms with E-state index in [-0.39, 0.29) is 16.9 Å². The van der Waals surface area contributed by atoms with Crippen molar-refractivity contribution in [2.75, 3.05) is 19.8 Å². The lowest BCUT2D eigenvalue weighted by molar-refractivity contribution is 0.240. The van der Waals surface area contributed by atoms with Crippen LogP contribution >= 0.6 is 46.4 Å². The quantitative estimate of drug-likeness (QED) is 0.255. The number of benzene rings is 2. The molecule has 0 amide bonds. The van der Waals surface area contributed by atoms with Gasteiger partial charge in [-0.25, -0.2) is 4.39 Å². The summed E-state index contributed by atoms with van der Waals surface area (Å²) in [5, 5.41) is 5.07. The average Bonchev–Trinajstić information content (AvgIpc) is 3.03. The molecule has 0 radical (unpaired) electrons. The van der Waals surface area contributed by atoms with Crippen molar-refractivity contribution in [3.05, 3.63) is 68.4 Å². The van der Waals surface area contributed by atoms with Gasteiger partial charge >= 0.3 is 0 Å². The minimum Gasteiger partial charge on any atom is -0.490 e. The summed E-state index contributed by atoms with van der Waals surface area (Å²) >= 11 is 23.6. The number of hydrogen-bond donors (Lipinski definition) is 0. The molecule has 10 heteroatoms. The minimum absolute atomic E-state index is 0.113. The van der Waals surface area contributed by atoms with Crippen molar-refractivity contribution in [1.82, 2.24) is 9.78 Å². The van der Waals surface area contributed by atoms with E-state index in [0.717, 1.165) is 16.8 Å². The molecule has 1 heterocycles. The summed E-state index contributed by atoms with van der Waals surface area (Å²) in [5.41, 5.74) is 2.60. The molecule has 0 fully saturated rings. The molecule has 0 spiro atoms. The molecule has 0 N–H and O–H groups in total. The maximum Gasteiger partial charge on any atom is 0.236 e. The Morgan fingerprint density at radius 3 is 2.30 bits per heavy atom. The van der Waals surface area contributed by atoms with Crippen LogP contribution in [-0.2, 0) is 7.05 Å². The van der Waals surface area contributed by atoms with Gasteiger partial charge in [0.25, 0.3) is 0 Å². The van der Waals surface area contributed by atoms with E-state index < -0.39 is 0 Å². The molecule has 0 aliphatic rings. The third-order valence-corrected chi connectivity index (χ3v) is 5.46. The van der Waals surface area contributed by atoms with E-state index in [4.69, 9.17) is 60.6 Å². The first-order valence-corrected chi connectivity index (χ1v) is 11.5. The van der Waals surface area contributed by atoms with Crippen molar-refractivity contribution >= 4 is 46.4 Å². The molecule has 0 bridgehead atoms. The van der Waals surface area contributed by atoms with Crippen LogP contribution in [0.25, 0.3) is 11.3 Å². The topological polar surface area (TPSA) is 45.5 Å². The van der Waals surface area contributed by atoms with Crippen LogP contribution in [0, 0.1) is 12.7 Å². The van der Waals surface area contributed by atoms with Crippen LogP contribution in [0.4, 0.5) is 4.39 Å². The first-order valence-electron chi connectivity index (χ1n) is 9.94. The summed E-state index contributed by atoms with van der Waals surface area (Å²) < 4.78 is 32.1. The molecule has 1 aromatic heterocycles. The Kier molecular flexibility index (Phi) is 9.15. The van der Waals surface area contributed by atoms with E-state index in [1.54, 1.807) is 28.9 Å². The van der Waals surface area contributed by atoms with Gasteiger partial charge in [0.15, 0.2) is 5.75 Å². The van der Waals surface area contributed by atoms with Crippen molar-refractivity contribution in [3.63, 3.8) is 0 Å². The fourth-order valence-electron chi connectivity index (χ4n) is 3.11. The van der Waals surface area contributed by atoms with Gasteiger partial charge in [-0.1, -0.05) is 46.4 Å². The van der Waals surface area contributed by atoms with Gasteiger partial charge in [-0.15, -0.1) is 5.10 Å². The smallest absolute Gasteiger partial charge is 0.236 e. The minimum atomic E-state index is -0.286. The lowest BCUT2D eigenvalue weighted by atomic mass is 10.1. The molecule has 2 aromatic carbocycles. The van der Waals surface area contributed by atoms with Gasteiger partial charge in [0.2, 0.25) is 5.88 Å². The van der Waals surface area contributed by atoms with Gasteiger partial charge in [-0.2, -0.15) is 0 Å². The van der Waals surface area contributed by atoms with E-state index in [9.17, 15) is 4.39 Å². The van der Waals surface area contributed by atoms with E-state index >= 15 is 0 Å². The lowest BCUT2D eigenvalue weighted by Crippen LogP contribution is -2.06. The number of aromatic nitrogens is 2. The summed E-state index contributed by atoms with van der Waals surface area (Å²) in [6.07, 6.45) is 2.08. The SMILES string of the molecule is Cc1c(OCCCOc2c(Cl)cc(OCC=C(Cl)Cl)cc2Cl)nn(C)c1-c1ccc(F)cc1. The number of rotatable bonds is 10. The van der Waals surface area contributed by atoms with E-state index in [1.807, 2.05) is 14.0 Å². The molecular weight excluding hydrogens is 513 g/mol. The fourth-order valence-corrected chi connectivity index (χ4v) is 3.82. The highest BCUT2D eigenvalue weighted by molar-refractivity contribution is 6.55. The van der Waals surface area contributed by atoms with Crippen molar-refractivity contribution < 1.29 is 18.6 Å². The van der Waals surface area contributed by atoms with Crippen molar-refractivity contribution in [2.45, 2.75) is 13.3 Å². The Labute approximate surface area is 211 Å². The standard InChI is InChI=1S/C23H21Cl4FN2O3/c1-14-21(15-4-6-16(28)7-5-15)30(2)29-23(14)33-10-3-9-32-22-18(24)12-17(13-19(22)25)31-11-8-20(26)27/h4-8,12-13H,3,9-11H2,1-2H3. The molecule has 0 atom stereocenters. The second-order valence-corrected chi connectivity index (χ2v) is 8.80. The molecule has 0 aliphatic heterocycles. The molecule has 3 aromatic rings.